The van der Waals surface area contributed by atoms with E-state index >= 15 is 0 Å². The second-order valence-electron chi connectivity index (χ2n) is 6.80. The summed E-state index contributed by atoms with van der Waals surface area (Å²) < 4.78 is 13.9. The van der Waals surface area contributed by atoms with Crippen molar-refractivity contribution in [2.75, 3.05) is 13.2 Å². The molecule has 1 rings (SSSR count). The van der Waals surface area contributed by atoms with Crippen LogP contribution in [0.1, 0.15) is 40.0 Å². The molecule has 3 amide bonds. The van der Waals surface area contributed by atoms with Crippen molar-refractivity contribution in [2.45, 2.75) is 58.5 Å². The van der Waals surface area contributed by atoms with Gasteiger partial charge in [0.2, 0.25) is 17.7 Å². The number of hydrogen-bond donors (Lipinski definition) is 4. The van der Waals surface area contributed by atoms with Crippen molar-refractivity contribution >= 4 is 30.5 Å². The van der Waals surface area contributed by atoms with Crippen molar-refractivity contribution in [3.05, 3.63) is 12.7 Å². The smallest absolute Gasteiger partial charge is 0.229 e. The average Bonchev–Trinajstić information content (AvgIpc) is 2.63. The van der Waals surface area contributed by atoms with Gasteiger partial charge in [0, 0.05) is 26.3 Å². The molecule has 1 aliphatic heterocycles. The molecule has 5 unspecified atom stereocenters. The Hall–Kier alpha value is -1.58. The summed E-state index contributed by atoms with van der Waals surface area (Å²) in [6, 6.07) is -0.274. The van der Waals surface area contributed by atoms with Gasteiger partial charge in [0.15, 0.2) is 6.29 Å². The molecule has 0 aromatic carbocycles. The summed E-state index contributed by atoms with van der Waals surface area (Å²) in [5.41, 5.74) is 0. The minimum absolute atomic E-state index is 0.0958. The molecule has 27 heavy (non-hydrogen) atoms. The summed E-state index contributed by atoms with van der Waals surface area (Å²) in [4.78, 5) is 34.6. The summed E-state index contributed by atoms with van der Waals surface area (Å²) >= 11 is 3.67. The van der Waals surface area contributed by atoms with Crippen LogP contribution in [0.3, 0.4) is 0 Å². The van der Waals surface area contributed by atoms with E-state index in [1.807, 2.05) is 13.8 Å². The molecule has 0 aromatic heterocycles. The lowest BCUT2D eigenvalue weighted by molar-refractivity contribution is -0.230. The SMILES string of the molecule is C=CCOC1OC(CNC(=O)CCCC(=O)NS)C(C)C(C)C1NC(C)=O. The molecule has 9 heteroatoms. The van der Waals surface area contributed by atoms with Crippen molar-refractivity contribution < 1.29 is 23.9 Å². The Labute approximate surface area is 166 Å². The zero-order valence-electron chi connectivity index (χ0n) is 16.2. The van der Waals surface area contributed by atoms with Crippen LogP contribution >= 0.6 is 12.8 Å². The van der Waals surface area contributed by atoms with E-state index in [-0.39, 0.29) is 54.5 Å². The van der Waals surface area contributed by atoms with E-state index < -0.39 is 6.29 Å². The van der Waals surface area contributed by atoms with Crippen LogP contribution in [-0.4, -0.2) is 49.3 Å². The van der Waals surface area contributed by atoms with Gasteiger partial charge in [-0.05, 0) is 18.3 Å². The van der Waals surface area contributed by atoms with Crippen LogP contribution in [0.4, 0.5) is 0 Å². The highest BCUT2D eigenvalue weighted by molar-refractivity contribution is 7.78. The van der Waals surface area contributed by atoms with Gasteiger partial charge in [-0.1, -0.05) is 32.7 Å². The average molecular weight is 402 g/mol. The molecule has 5 atom stereocenters. The van der Waals surface area contributed by atoms with Crippen molar-refractivity contribution in [1.82, 2.24) is 15.4 Å². The lowest BCUT2D eigenvalue weighted by Gasteiger charge is -2.44. The third-order valence-corrected chi connectivity index (χ3v) is 5.01. The van der Waals surface area contributed by atoms with E-state index in [0.29, 0.717) is 19.6 Å². The molecule has 1 fully saturated rings. The molecule has 0 bridgehead atoms. The Balaban J connectivity index is 2.59. The van der Waals surface area contributed by atoms with E-state index in [0.717, 1.165) is 0 Å². The standard InChI is InChI=1S/C18H31N3O5S/c1-5-9-25-18-17(20-13(4)22)12(3)11(2)14(26-18)10-19-15(23)7-6-8-16(24)21-27/h5,11-12,14,17-18,27H,1,6-10H2,2-4H3,(H,19,23)(H,20,22)(H,21,24). The van der Waals surface area contributed by atoms with E-state index in [1.54, 1.807) is 6.08 Å². The zero-order chi connectivity index (χ0) is 20.4. The van der Waals surface area contributed by atoms with Crippen molar-refractivity contribution in [3.8, 4) is 0 Å². The summed E-state index contributed by atoms with van der Waals surface area (Å²) in [6.45, 7) is 9.79. The maximum Gasteiger partial charge on any atom is 0.229 e. The van der Waals surface area contributed by atoms with Crippen LogP contribution in [-0.2, 0) is 23.9 Å². The van der Waals surface area contributed by atoms with Crippen LogP contribution in [0.25, 0.3) is 0 Å². The maximum atomic E-state index is 12.0. The van der Waals surface area contributed by atoms with Gasteiger partial charge in [-0.25, -0.2) is 0 Å². The molecule has 0 spiro atoms. The van der Waals surface area contributed by atoms with Crippen LogP contribution < -0.4 is 15.4 Å². The number of amides is 3. The summed E-state index contributed by atoms with van der Waals surface area (Å²) in [5.74, 6) is -0.306. The fraction of sp³-hybridized carbons (Fsp3) is 0.722. The first-order valence-corrected chi connectivity index (χ1v) is 9.59. The predicted molar refractivity (Wildman–Crippen MR) is 105 cm³/mol. The van der Waals surface area contributed by atoms with Crippen LogP contribution in [0.5, 0.6) is 0 Å². The monoisotopic (exact) mass is 401 g/mol. The second kappa shape index (κ2) is 12.0. The van der Waals surface area contributed by atoms with Crippen LogP contribution in [0.2, 0.25) is 0 Å². The van der Waals surface area contributed by atoms with E-state index in [2.05, 4.69) is 34.7 Å². The molecule has 1 heterocycles. The van der Waals surface area contributed by atoms with E-state index in [4.69, 9.17) is 9.47 Å². The summed E-state index contributed by atoms with van der Waals surface area (Å²) in [7, 11) is 0. The number of carbonyl (C=O) groups is 3. The molecule has 8 nitrogen and oxygen atoms in total. The third-order valence-electron chi connectivity index (χ3n) is 4.77. The normalized spacial score (nSPS) is 27.5. The zero-order valence-corrected chi connectivity index (χ0v) is 17.1. The van der Waals surface area contributed by atoms with Gasteiger partial charge >= 0.3 is 0 Å². The largest absolute Gasteiger partial charge is 0.353 e. The number of carbonyl (C=O) groups excluding carboxylic acids is 3. The molecular formula is C18H31N3O5S. The number of nitrogens with one attached hydrogen (secondary N) is 3. The molecule has 0 radical (unpaired) electrons. The Morgan fingerprint density at radius 3 is 2.44 bits per heavy atom. The highest BCUT2D eigenvalue weighted by Crippen LogP contribution is 2.31. The molecule has 0 aromatic rings. The second-order valence-corrected chi connectivity index (χ2v) is 7.03. The predicted octanol–water partition coefficient (Wildman–Crippen LogP) is 0.938. The highest BCUT2D eigenvalue weighted by atomic mass is 32.1. The molecule has 3 N–H and O–H groups in total. The lowest BCUT2D eigenvalue weighted by atomic mass is 9.82. The minimum atomic E-state index is -0.612. The first-order chi connectivity index (χ1) is 12.8. The van der Waals surface area contributed by atoms with E-state index in [1.165, 1.54) is 6.92 Å². The maximum absolute atomic E-state index is 12.0. The Bertz CT molecular complexity index is 531. The molecule has 0 aliphatic carbocycles. The molecular weight excluding hydrogens is 370 g/mol. The fourth-order valence-electron chi connectivity index (χ4n) is 3.04. The molecule has 0 saturated carbocycles. The topological polar surface area (TPSA) is 106 Å². The molecule has 1 saturated heterocycles. The number of thiol groups is 1. The van der Waals surface area contributed by atoms with Gasteiger partial charge in [0.05, 0.1) is 18.8 Å². The Morgan fingerprint density at radius 1 is 1.19 bits per heavy atom. The number of ether oxygens (including phenoxy) is 2. The summed E-state index contributed by atoms with van der Waals surface area (Å²) in [6.07, 6.45) is 1.71. The van der Waals surface area contributed by atoms with Crippen molar-refractivity contribution in [3.63, 3.8) is 0 Å². The Kier molecular flexibility index (Phi) is 10.4. The number of hydrogen-bond acceptors (Lipinski definition) is 6. The van der Waals surface area contributed by atoms with Gasteiger partial charge in [0.25, 0.3) is 0 Å². The lowest BCUT2D eigenvalue weighted by Crippen LogP contribution is -2.59. The minimum Gasteiger partial charge on any atom is -0.353 e. The molecule has 154 valence electrons. The van der Waals surface area contributed by atoms with Crippen molar-refractivity contribution in [1.29, 1.82) is 0 Å². The van der Waals surface area contributed by atoms with Crippen LogP contribution in [0, 0.1) is 11.8 Å². The van der Waals surface area contributed by atoms with Crippen LogP contribution in [0.15, 0.2) is 12.7 Å². The van der Waals surface area contributed by atoms with Gasteiger partial charge in [-0.15, -0.1) is 6.58 Å². The van der Waals surface area contributed by atoms with Crippen molar-refractivity contribution in [2.24, 2.45) is 11.8 Å². The quantitative estimate of drug-likeness (QED) is 0.322. The van der Waals surface area contributed by atoms with Gasteiger partial charge < -0.3 is 24.8 Å². The van der Waals surface area contributed by atoms with Gasteiger partial charge in [-0.2, -0.15) is 0 Å². The molecule has 1 aliphatic rings. The van der Waals surface area contributed by atoms with E-state index in [9.17, 15) is 14.4 Å². The summed E-state index contributed by atoms with van der Waals surface area (Å²) in [5, 5.41) is 5.75. The first-order valence-electron chi connectivity index (χ1n) is 9.14. The highest BCUT2D eigenvalue weighted by Gasteiger charge is 2.42. The van der Waals surface area contributed by atoms with Gasteiger partial charge in [0.1, 0.15) is 0 Å². The third kappa shape index (κ3) is 7.90. The fourth-order valence-corrected chi connectivity index (χ4v) is 3.15. The number of rotatable bonds is 10. The Morgan fingerprint density at radius 2 is 1.85 bits per heavy atom. The van der Waals surface area contributed by atoms with Gasteiger partial charge in [-0.3, -0.25) is 14.4 Å². The first kappa shape index (κ1) is 23.5.